The van der Waals surface area contributed by atoms with Crippen LogP contribution >= 0.6 is 0 Å². The van der Waals surface area contributed by atoms with Gasteiger partial charge in [-0.1, -0.05) is 176 Å². The average Bonchev–Trinajstić information content (AvgIpc) is 3.17. The fourth-order valence-corrected chi connectivity index (χ4v) is 8.60. The van der Waals surface area contributed by atoms with Crippen LogP contribution in [-0.4, -0.2) is 10.7 Å². The van der Waals surface area contributed by atoms with Gasteiger partial charge in [-0.05, 0) is 139 Å². The third-order valence-corrected chi connectivity index (χ3v) is 11.5. The van der Waals surface area contributed by atoms with E-state index < -0.39 is 0 Å². The monoisotopic (exact) mass is 737 g/mol. The summed E-state index contributed by atoms with van der Waals surface area (Å²) < 4.78 is 0. The normalized spacial score (nSPS) is 11.8. The van der Waals surface area contributed by atoms with Crippen LogP contribution in [0.15, 0.2) is 35.4 Å². The maximum absolute atomic E-state index is 10.1. The van der Waals surface area contributed by atoms with E-state index in [0.717, 1.165) is 69.8 Å². The van der Waals surface area contributed by atoms with Crippen LogP contribution in [0, 0.1) is 0 Å². The molecule has 2 nitrogen and oxygen atoms in total. The lowest BCUT2D eigenvalue weighted by Crippen LogP contribution is -2.08. The molecular formula is C52H84N2. The first-order valence-electron chi connectivity index (χ1n) is 23.5. The van der Waals surface area contributed by atoms with Crippen LogP contribution in [0.2, 0.25) is 0 Å². The first-order valence-corrected chi connectivity index (χ1v) is 23.5. The minimum Gasteiger partial charge on any atom is -0.348 e. The predicted octanol–water partition coefficient (Wildman–Crippen LogP) is 16.3. The summed E-state index contributed by atoms with van der Waals surface area (Å²) in [6.45, 7) is 18.6. The molecule has 0 saturated carbocycles. The quantitative estimate of drug-likeness (QED) is 0.0243. The molecule has 2 rings (SSSR count). The average molecular weight is 737 g/mol. The lowest BCUT2D eigenvalue weighted by molar-refractivity contribution is 0.00739. The standard InChI is InChI=1S/C52H84N2/c1-9-17-22-26-33-44-39-48(40-45(34-27-23-18-10-2)50(44)35-28-24-19-11-3)52(51(36-25-20-12-4)46(41-54-53)32-21-13-5)47-37-42(29-14-6)49(31-16-8)43(38-47)30-15-7/h37-40H,9-36H2,1-8H3. The van der Waals surface area contributed by atoms with Crippen molar-refractivity contribution >= 4 is 11.4 Å². The highest BCUT2D eigenvalue weighted by molar-refractivity contribution is 5.88. The molecule has 0 N–H and O–H groups in total. The van der Waals surface area contributed by atoms with Crippen LogP contribution in [0.25, 0.3) is 11.1 Å². The van der Waals surface area contributed by atoms with E-state index in [4.69, 9.17) is 0 Å². The van der Waals surface area contributed by atoms with Crippen molar-refractivity contribution < 1.29 is 4.79 Å². The molecule has 0 atom stereocenters. The summed E-state index contributed by atoms with van der Waals surface area (Å²) in [5.74, 6) is 3.19. The molecule has 0 aliphatic heterocycles. The number of benzene rings is 2. The lowest BCUT2D eigenvalue weighted by atomic mass is 9.80. The van der Waals surface area contributed by atoms with Crippen molar-refractivity contribution in [3.63, 3.8) is 0 Å². The zero-order valence-electron chi connectivity index (χ0n) is 37.0. The van der Waals surface area contributed by atoms with E-state index in [-0.39, 0.29) is 0 Å². The summed E-state index contributed by atoms with van der Waals surface area (Å²) in [5, 5.41) is 0. The van der Waals surface area contributed by atoms with Gasteiger partial charge in [-0.25, -0.2) is 0 Å². The van der Waals surface area contributed by atoms with Gasteiger partial charge in [-0.15, -0.1) is 4.79 Å². The van der Waals surface area contributed by atoms with Crippen LogP contribution in [0.1, 0.15) is 241 Å². The molecule has 0 radical (unpaired) electrons. The Kier molecular flexibility index (Phi) is 26.0. The Balaban J connectivity index is 3.19. The summed E-state index contributed by atoms with van der Waals surface area (Å²) >= 11 is 0. The molecule has 0 heterocycles. The number of allylic oxidation sites excluding steroid dienone is 2. The number of unbranched alkanes of at least 4 members (excludes halogenated alkanes) is 12. The van der Waals surface area contributed by atoms with E-state index in [0.29, 0.717) is 0 Å². The molecule has 0 saturated heterocycles. The van der Waals surface area contributed by atoms with Crippen LogP contribution in [-0.2, 0) is 38.5 Å². The van der Waals surface area contributed by atoms with Crippen molar-refractivity contribution in [2.45, 2.75) is 235 Å². The second-order valence-electron chi connectivity index (χ2n) is 16.3. The third kappa shape index (κ3) is 16.2. The van der Waals surface area contributed by atoms with Gasteiger partial charge >= 0.3 is 5.87 Å². The molecule has 2 aromatic carbocycles. The molecule has 0 fully saturated rings. The molecule has 2 aromatic rings. The Hall–Kier alpha value is -2.66. The molecule has 2 heteroatoms. The van der Waals surface area contributed by atoms with Gasteiger partial charge in [0.15, 0.2) is 0 Å². The first kappa shape index (κ1) is 47.5. The molecule has 0 spiro atoms. The van der Waals surface area contributed by atoms with E-state index in [1.54, 1.807) is 33.4 Å². The molecule has 0 amide bonds. The highest BCUT2D eigenvalue weighted by Crippen LogP contribution is 2.39. The summed E-state index contributed by atoms with van der Waals surface area (Å²) in [6.07, 6.45) is 33.6. The highest BCUT2D eigenvalue weighted by Gasteiger charge is 2.23. The minimum atomic E-state index is 0.895. The second-order valence-corrected chi connectivity index (χ2v) is 16.3. The summed E-state index contributed by atoms with van der Waals surface area (Å²) in [4.78, 5) is 3.63. The van der Waals surface area contributed by atoms with E-state index in [1.165, 1.54) is 138 Å². The maximum atomic E-state index is 10.1. The smallest absolute Gasteiger partial charge is 0.303 e. The van der Waals surface area contributed by atoms with Gasteiger partial charge in [-0.2, -0.15) is 0 Å². The predicted molar refractivity (Wildman–Crippen MR) is 240 cm³/mol. The molecule has 0 aromatic heterocycles. The van der Waals surface area contributed by atoms with Crippen LogP contribution in [0.5, 0.6) is 0 Å². The van der Waals surface area contributed by atoms with Gasteiger partial charge in [0, 0.05) is 0 Å². The van der Waals surface area contributed by atoms with Crippen molar-refractivity contribution in [3.05, 3.63) is 85.5 Å². The van der Waals surface area contributed by atoms with Gasteiger partial charge in [0.25, 0.3) is 0 Å². The van der Waals surface area contributed by atoms with Gasteiger partial charge in [0.1, 0.15) is 0 Å². The molecule has 0 bridgehead atoms. The first-order chi connectivity index (χ1) is 26.5. The third-order valence-electron chi connectivity index (χ3n) is 11.5. The van der Waals surface area contributed by atoms with E-state index in [9.17, 15) is 5.53 Å². The maximum Gasteiger partial charge on any atom is 0.303 e. The van der Waals surface area contributed by atoms with Crippen LogP contribution in [0.3, 0.4) is 0 Å². The summed E-state index contributed by atoms with van der Waals surface area (Å²) in [5.41, 5.74) is 26.3. The molecular weight excluding hydrogens is 653 g/mol. The van der Waals surface area contributed by atoms with Gasteiger partial charge in [0.2, 0.25) is 0 Å². The Bertz CT molecular complexity index is 1380. The van der Waals surface area contributed by atoms with Crippen molar-refractivity contribution in [1.29, 1.82) is 0 Å². The van der Waals surface area contributed by atoms with E-state index in [2.05, 4.69) is 90.3 Å². The zero-order valence-corrected chi connectivity index (χ0v) is 37.0. The Labute approximate surface area is 335 Å². The summed E-state index contributed by atoms with van der Waals surface area (Å²) in [7, 11) is 0. The van der Waals surface area contributed by atoms with E-state index in [1.807, 2.05) is 0 Å². The minimum absolute atomic E-state index is 0.895. The van der Waals surface area contributed by atoms with Crippen LogP contribution in [0.4, 0.5) is 0 Å². The van der Waals surface area contributed by atoms with Gasteiger partial charge in [-0.3, -0.25) is 0 Å². The number of hydrogen-bond donors (Lipinski definition) is 0. The molecule has 0 aliphatic rings. The van der Waals surface area contributed by atoms with Crippen molar-refractivity contribution in [2.24, 2.45) is 0 Å². The topological polar surface area (TPSA) is 36.4 Å². The zero-order chi connectivity index (χ0) is 39.4. The van der Waals surface area contributed by atoms with Crippen molar-refractivity contribution in [2.75, 3.05) is 0 Å². The molecule has 0 aliphatic carbocycles. The molecule has 0 unspecified atom stereocenters. The largest absolute Gasteiger partial charge is 0.348 e. The molecule has 54 heavy (non-hydrogen) atoms. The summed E-state index contributed by atoms with van der Waals surface area (Å²) in [6, 6.07) is 10.5. The second kappa shape index (κ2) is 29.6. The van der Waals surface area contributed by atoms with Crippen molar-refractivity contribution in [1.82, 2.24) is 0 Å². The SMILES string of the molecule is CCCCCCc1cc(C(=C(CCCCC)C(=C=[N+]=[N-])CCCC)c2cc(CCC)c(CCC)c(CCC)c2)cc(CCCCCC)c1CCCCCC. The van der Waals surface area contributed by atoms with Gasteiger partial charge < -0.3 is 5.53 Å². The van der Waals surface area contributed by atoms with Gasteiger partial charge in [0.05, 0.1) is 5.57 Å². The Morgan fingerprint density at radius 2 is 0.833 bits per heavy atom. The number of hydrogen-bond acceptors (Lipinski definition) is 0. The molecule has 302 valence electrons. The fourth-order valence-electron chi connectivity index (χ4n) is 8.60. The fraction of sp³-hybridized carbons (Fsp3) is 0.692. The Morgan fingerprint density at radius 1 is 0.426 bits per heavy atom. The van der Waals surface area contributed by atoms with Crippen molar-refractivity contribution in [3.8, 4) is 0 Å². The highest BCUT2D eigenvalue weighted by atomic mass is 14.8. The number of rotatable bonds is 31. The van der Waals surface area contributed by atoms with E-state index >= 15 is 0 Å². The van der Waals surface area contributed by atoms with Crippen LogP contribution < -0.4 is 0 Å². The lowest BCUT2D eigenvalue weighted by Gasteiger charge is -2.24. The number of nitrogens with zero attached hydrogens (tertiary/aromatic N) is 2. The number of aryl methyl sites for hydroxylation is 4. The Morgan fingerprint density at radius 3 is 1.26 bits per heavy atom.